The monoisotopic (exact) mass is 396 g/mol. The molecule has 1 N–H and O–H groups in total. The fourth-order valence-electron chi connectivity index (χ4n) is 3.61. The number of aromatic nitrogens is 2. The van der Waals surface area contributed by atoms with Crippen molar-refractivity contribution in [3.63, 3.8) is 0 Å². The maximum absolute atomic E-state index is 13.3. The van der Waals surface area contributed by atoms with Crippen LogP contribution in [0.1, 0.15) is 50.1 Å². The van der Waals surface area contributed by atoms with Crippen molar-refractivity contribution in [2.75, 3.05) is 11.9 Å². The predicted molar refractivity (Wildman–Crippen MR) is 105 cm³/mol. The first-order valence-electron chi connectivity index (χ1n) is 9.67. The van der Waals surface area contributed by atoms with Crippen molar-refractivity contribution >= 4 is 17.7 Å². The third kappa shape index (κ3) is 3.87. The van der Waals surface area contributed by atoms with Crippen LogP contribution in [0.4, 0.5) is 10.5 Å². The van der Waals surface area contributed by atoms with E-state index in [9.17, 15) is 9.59 Å². The van der Waals surface area contributed by atoms with Crippen molar-refractivity contribution in [3.8, 4) is 5.75 Å². The lowest BCUT2D eigenvalue weighted by Gasteiger charge is -2.28. The molecular formula is C21H24N4O4. The molecule has 1 atom stereocenters. The maximum Gasteiger partial charge on any atom is 0.411 e. The number of anilines is 1. The smallest absolute Gasteiger partial charge is 0.411 e. The number of rotatable bonds is 2. The van der Waals surface area contributed by atoms with Gasteiger partial charge in [0, 0.05) is 11.8 Å². The molecule has 8 heteroatoms. The summed E-state index contributed by atoms with van der Waals surface area (Å²) in [6.07, 6.45) is 4.27. The molecule has 2 aromatic rings. The van der Waals surface area contributed by atoms with E-state index in [4.69, 9.17) is 9.47 Å². The van der Waals surface area contributed by atoms with Crippen molar-refractivity contribution in [3.05, 3.63) is 47.5 Å². The number of benzene rings is 1. The molecule has 3 heterocycles. The van der Waals surface area contributed by atoms with Crippen LogP contribution in [0.2, 0.25) is 0 Å². The van der Waals surface area contributed by atoms with Gasteiger partial charge in [-0.3, -0.25) is 9.69 Å². The molecule has 152 valence electrons. The number of carbonyl (C=O) groups excluding carboxylic acids is 2. The van der Waals surface area contributed by atoms with Gasteiger partial charge in [0.1, 0.15) is 23.7 Å². The molecule has 29 heavy (non-hydrogen) atoms. The van der Waals surface area contributed by atoms with E-state index in [-0.39, 0.29) is 12.5 Å². The van der Waals surface area contributed by atoms with Crippen molar-refractivity contribution in [1.29, 1.82) is 0 Å². The first kappa shape index (κ1) is 19.2. The first-order valence-corrected chi connectivity index (χ1v) is 9.67. The summed E-state index contributed by atoms with van der Waals surface area (Å²) in [5.41, 5.74) is 2.22. The van der Waals surface area contributed by atoms with E-state index < -0.39 is 17.7 Å². The highest BCUT2D eigenvalue weighted by atomic mass is 16.6. The fourth-order valence-corrected chi connectivity index (χ4v) is 3.61. The number of nitrogens with one attached hydrogen (secondary N) is 1. The number of carbonyl (C=O) groups is 2. The van der Waals surface area contributed by atoms with Gasteiger partial charge in [-0.1, -0.05) is 12.1 Å². The van der Waals surface area contributed by atoms with Crippen LogP contribution >= 0.6 is 0 Å². The summed E-state index contributed by atoms with van der Waals surface area (Å²) < 4.78 is 11.3. The number of nitrogens with zero attached hydrogens (tertiary/aromatic N) is 3. The van der Waals surface area contributed by atoms with Gasteiger partial charge in [0.25, 0.3) is 5.91 Å². The Morgan fingerprint density at radius 1 is 1.31 bits per heavy atom. The van der Waals surface area contributed by atoms with Crippen LogP contribution < -0.4 is 10.1 Å². The van der Waals surface area contributed by atoms with Gasteiger partial charge < -0.3 is 14.8 Å². The van der Waals surface area contributed by atoms with Crippen molar-refractivity contribution in [2.24, 2.45) is 0 Å². The SMILES string of the molecule is CC(C)(C)OC(=O)N1Cc2ncncc2C1C(=O)Nc1cccc2c1OCCC2. The molecule has 0 radical (unpaired) electrons. The molecule has 0 spiro atoms. The minimum Gasteiger partial charge on any atom is -0.491 e. The second-order valence-electron chi connectivity index (χ2n) is 8.17. The molecule has 8 nitrogen and oxygen atoms in total. The van der Waals surface area contributed by atoms with Crippen LogP contribution in [0.5, 0.6) is 5.75 Å². The first-order chi connectivity index (χ1) is 13.8. The van der Waals surface area contributed by atoms with Crippen LogP contribution in [0.25, 0.3) is 0 Å². The van der Waals surface area contributed by atoms with Crippen molar-refractivity contribution in [1.82, 2.24) is 14.9 Å². The molecule has 0 aliphatic carbocycles. The second-order valence-corrected chi connectivity index (χ2v) is 8.17. The minimum absolute atomic E-state index is 0.189. The molecule has 1 aromatic carbocycles. The maximum atomic E-state index is 13.3. The molecule has 1 aromatic heterocycles. The number of ether oxygens (including phenoxy) is 2. The third-order valence-electron chi connectivity index (χ3n) is 4.82. The van der Waals surface area contributed by atoms with Crippen LogP contribution in [0.3, 0.4) is 0 Å². The number of aryl methyl sites for hydroxylation is 1. The van der Waals surface area contributed by atoms with Crippen LogP contribution in [-0.2, 0) is 22.5 Å². The molecule has 2 amide bonds. The highest BCUT2D eigenvalue weighted by Crippen LogP contribution is 2.37. The van der Waals surface area contributed by atoms with Gasteiger partial charge in [-0.2, -0.15) is 0 Å². The molecule has 0 saturated heterocycles. The molecule has 4 rings (SSSR count). The zero-order valence-corrected chi connectivity index (χ0v) is 16.8. The largest absolute Gasteiger partial charge is 0.491 e. The standard InChI is InChI=1S/C21H24N4O4/c1-21(2,3)29-20(27)25-11-16-14(10-22-12-23-16)17(25)19(26)24-15-8-4-6-13-7-5-9-28-18(13)15/h4,6,8,10,12,17H,5,7,9,11H2,1-3H3,(H,24,26). The predicted octanol–water partition coefficient (Wildman–Crippen LogP) is 3.23. The van der Waals surface area contributed by atoms with Gasteiger partial charge in [-0.25, -0.2) is 14.8 Å². The number of hydrogen-bond donors (Lipinski definition) is 1. The Bertz CT molecular complexity index is 954. The Morgan fingerprint density at radius 3 is 2.93 bits per heavy atom. The van der Waals surface area contributed by atoms with Crippen molar-refractivity contribution < 1.29 is 19.1 Å². The minimum atomic E-state index is -0.875. The average Bonchev–Trinajstić information content (AvgIpc) is 3.07. The number of amides is 2. The number of hydrogen-bond acceptors (Lipinski definition) is 6. The zero-order valence-electron chi connectivity index (χ0n) is 16.8. The molecule has 1 unspecified atom stereocenters. The Balaban J connectivity index is 1.63. The van der Waals surface area contributed by atoms with E-state index >= 15 is 0 Å². The van der Waals surface area contributed by atoms with E-state index in [2.05, 4.69) is 15.3 Å². The van der Waals surface area contributed by atoms with Gasteiger partial charge in [0.05, 0.1) is 24.5 Å². The van der Waals surface area contributed by atoms with Gasteiger partial charge in [-0.05, 0) is 45.2 Å². The molecular weight excluding hydrogens is 372 g/mol. The van der Waals surface area contributed by atoms with Crippen molar-refractivity contribution in [2.45, 2.75) is 51.8 Å². The quantitative estimate of drug-likeness (QED) is 0.838. The van der Waals surface area contributed by atoms with E-state index in [0.717, 1.165) is 18.4 Å². The van der Waals surface area contributed by atoms with Gasteiger partial charge in [-0.15, -0.1) is 0 Å². The summed E-state index contributed by atoms with van der Waals surface area (Å²) in [4.78, 5) is 35.7. The molecule has 0 fully saturated rings. The highest BCUT2D eigenvalue weighted by molar-refractivity contribution is 5.99. The van der Waals surface area contributed by atoms with Crippen LogP contribution in [-0.4, -0.2) is 39.1 Å². The van der Waals surface area contributed by atoms with E-state index in [0.29, 0.717) is 29.3 Å². The Labute approximate surface area is 169 Å². The lowest BCUT2D eigenvalue weighted by molar-refractivity contribution is -0.121. The average molecular weight is 396 g/mol. The lowest BCUT2D eigenvalue weighted by atomic mass is 10.0. The fraction of sp³-hybridized carbons (Fsp3) is 0.429. The normalized spacial score (nSPS) is 17.8. The summed E-state index contributed by atoms with van der Waals surface area (Å²) in [7, 11) is 0. The van der Waals surface area contributed by atoms with Crippen LogP contribution in [0, 0.1) is 0 Å². The molecule has 2 aliphatic rings. The highest BCUT2D eigenvalue weighted by Gasteiger charge is 2.41. The second kappa shape index (κ2) is 7.35. The Hall–Kier alpha value is -3.16. The van der Waals surface area contributed by atoms with Gasteiger partial charge in [0.15, 0.2) is 0 Å². The zero-order chi connectivity index (χ0) is 20.6. The number of para-hydroxylation sites is 1. The summed E-state index contributed by atoms with van der Waals surface area (Å²) in [6.45, 7) is 6.17. The number of fused-ring (bicyclic) bond motifs is 2. The molecule has 0 saturated carbocycles. The molecule has 0 bridgehead atoms. The van der Waals surface area contributed by atoms with Gasteiger partial charge in [0.2, 0.25) is 0 Å². The topological polar surface area (TPSA) is 93.7 Å². The molecule has 2 aliphatic heterocycles. The summed E-state index contributed by atoms with van der Waals surface area (Å²) in [5.74, 6) is 0.338. The Morgan fingerprint density at radius 2 is 2.14 bits per heavy atom. The summed E-state index contributed by atoms with van der Waals surface area (Å²) >= 11 is 0. The Kier molecular flexibility index (Phi) is 4.86. The van der Waals surface area contributed by atoms with Crippen LogP contribution in [0.15, 0.2) is 30.7 Å². The van der Waals surface area contributed by atoms with Gasteiger partial charge >= 0.3 is 6.09 Å². The van der Waals surface area contributed by atoms with E-state index in [1.807, 2.05) is 12.1 Å². The van der Waals surface area contributed by atoms with E-state index in [1.54, 1.807) is 33.0 Å². The van der Waals surface area contributed by atoms with E-state index in [1.165, 1.54) is 11.2 Å². The summed E-state index contributed by atoms with van der Waals surface area (Å²) in [6, 6.07) is 4.81. The third-order valence-corrected chi connectivity index (χ3v) is 4.82. The summed E-state index contributed by atoms with van der Waals surface area (Å²) in [5, 5.41) is 2.93. The lowest BCUT2D eigenvalue weighted by Crippen LogP contribution is -2.40.